The van der Waals surface area contributed by atoms with Gasteiger partial charge in [-0.3, -0.25) is 0 Å². The first-order chi connectivity index (χ1) is 9.25. The second kappa shape index (κ2) is 5.66. The molecule has 0 bridgehead atoms. The molecule has 2 nitrogen and oxygen atoms in total. The molecule has 1 heterocycles. The molecule has 0 aliphatic rings. The van der Waals surface area contributed by atoms with Crippen LogP contribution in [0.3, 0.4) is 0 Å². The van der Waals surface area contributed by atoms with Gasteiger partial charge in [-0.15, -0.1) is 11.3 Å². The van der Waals surface area contributed by atoms with E-state index in [1.54, 1.807) is 11.3 Å². The standard InChI is InChI=1S/C17H23NOS/c1-11-6-12(2)8-13(7-11)14(19)9-16-18-15(10-20-16)17(3,4)5/h6-8,10,14,19H,9H2,1-5H3. The zero-order chi connectivity index (χ0) is 14.9. The molecular formula is C17H23NOS. The average molecular weight is 289 g/mol. The van der Waals surface area contributed by atoms with Gasteiger partial charge in [0.05, 0.1) is 16.8 Å². The zero-order valence-electron chi connectivity index (χ0n) is 12.9. The Hall–Kier alpha value is -1.19. The van der Waals surface area contributed by atoms with Crippen molar-refractivity contribution < 1.29 is 5.11 Å². The fraction of sp³-hybridized carbons (Fsp3) is 0.471. The molecule has 3 heteroatoms. The minimum atomic E-state index is -0.479. The maximum atomic E-state index is 10.4. The van der Waals surface area contributed by atoms with Crippen LogP contribution in [0.25, 0.3) is 0 Å². The van der Waals surface area contributed by atoms with Crippen LogP contribution in [0.4, 0.5) is 0 Å². The molecule has 2 aromatic rings. The Morgan fingerprint density at radius 3 is 2.25 bits per heavy atom. The van der Waals surface area contributed by atoms with Crippen LogP contribution in [0.15, 0.2) is 23.6 Å². The average Bonchev–Trinajstić information content (AvgIpc) is 2.75. The molecule has 1 unspecified atom stereocenters. The monoisotopic (exact) mass is 289 g/mol. The number of hydrogen-bond donors (Lipinski definition) is 1. The van der Waals surface area contributed by atoms with Crippen molar-refractivity contribution in [2.75, 3.05) is 0 Å². The smallest absolute Gasteiger partial charge is 0.0957 e. The number of aryl methyl sites for hydroxylation is 2. The summed E-state index contributed by atoms with van der Waals surface area (Å²) in [6.45, 7) is 10.6. The van der Waals surface area contributed by atoms with E-state index in [2.05, 4.69) is 63.2 Å². The number of aliphatic hydroxyl groups is 1. The third kappa shape index (κ3) is 3.68. The van der Waals surface area contributed by atoms with Crippen molar-refractivity contribution in [3.8, 4) is 0 Å². The number of benzene rings is 1. The van der Waals surface area contributed by atoms with Gasteiger partial charge < -0.3 is 5.11 Å². The Labute approximate surface area is 125 Å². The summed E-state index contributed by atoms with van der Waals surface area (Å²) < 4.78 is 0. The first-order valence-electron chi connectivity index (χ1n) is 6.97. The Balaban J connectivity index is 2.15. The van der Waals surface area contributed by atoms with Crippen molar-refractivity contribution in [1.82, 2.24) is 4.98 Å². The van der Waals surface area contributed by atoms with Crippen LogP contribution in [0.5, 0.6) is 0 Å². The summed E-state index contributed by atoms with van der Waals surface area (Å²) in [5.74, 6) is 0. The Bertz CT molecular complexity index is 575. The van der Waals surface area contributed by atoms with E-state index in [9.17, 15) is 5.11 Å². The lowest BCUT2D eigenvalue weighted by Crippen LogP contribution is -2.12. The third-order valence-electron chi connectivity index (χ3n) is 3.32. The molecule has 0 aliphatic carbocycles. The second-order valence-electron chi connectivity index (χ2n) is 6.52. The van der Waals surface area contributed by atoms with Crippen LogP contribution in [-0.4, -0.2) is 10.1 Å². The highest BCUT2D eigenvalue weighted by atomic mass is 32.1. The first kappa shape index (κ1) is 15.2. The van der Waals surface area contributed by atoms with Gasteiger partial charge in [-0.1, -0.05) is 50.1 Å². The molecule has 1 aromatic heterocycles. The van der Waals surface area contributed by atoms with Crippen molar-refractivity contribution in [2.45, 2.75) is 52.6 Å². The van der Waals surface area contributed by atoms with E-state index in [0.717, 1.165) is 16.3 Å². The highest BCUT2D eigenvalue weighted by Gasteiger charge is 2.19. The van der Waals surface area contributed by atoms with Crippen molar-refractivity contribution in [2.24, 2.45) is 0 Å². The van der Waals surface area contributed by atoms with E-state index >= 15 is 0 Å². The first-order valence-corrected chi connectivity index (χ1v) is 7.85. The van der Waals surface area contributed by atoms with Crippen molar-refractivity contribution in [1.29, 1.82) is 0 Å². The summed E-state index contributed by atoms with van der Waals surface area (Å²) in [5.41, 5.74) is 4.53. The van der Waals surface area contributed by atoms with Gasteiger partial charge >= 0.3 is 0 Å². The lowest BCUT2D eigenvalue weighted by molar-refractivity contribution is 0.178. The van der Waals surface area contributed by atoms with Gasteiger partial charge in [0.15, 0.2) is 0 Å². The maximum Gasteiger partial charge on any atom is 0.0957 e. The number of aliphatic hydroxyl groups excluding tert-OH is 1. The van der Waals surface area contributed by atoms with Crippen molar-refractivity contribution in [3.63, 3.8) is 0 Å². The van der Waals surface area contributed by atoms with Gasteiger partial charge in [0.25, 0.3) is 0 Å². The van der Waals surface area contributed by atoms with E-state index < -0.39 is 6.10 Å². The molecule has 0 spiro atoms. The minimum Gasteiger partial charge on any atom is -0.388 e. The highest BCUT2D eigenvalue weighted by molar-refractivity contribution is 7.09. The molecule has 2 rings (SSSR count). The molecule has 1 aromatic carbocycles. The Morgan fingerprint density at radius 2 is 1.75 bits per heavy atom. The number of rotatable bonds is 3. The normalized spacial score (nSPS) is 13.5. The number of aromatic nitrogens is 1. The largest absolute Gasteiger partial charge is 0.388 e. The van der Waals surface area contributed by atoms with Crippen LogP contribution in [0, 0.1) is 13.8 Å². The summed E-state index contributed by atoms with van der Waals surface area (Å²) in [5, 5.41) is 13.5. The van der Waals surface area contributed by atoms with Gasteiger partial charge in [0, 0.05) is 17.2 Å². The maximum absolute atomic E-state index is 10.4. The minimum absolute atomic E-state index is 0.0691. The summed E-state index contributed by atoms with van der Waals surface area (Å²) in [6.07, 6.45) is 0.108. The van der Waals surface area contributed by atoms with Gasteiger partial charge in [-0.05, 0) is 19.4 Å². The predicted molar refractivity (Wildman–Crippen MR) is 85.4 cm³/mol. The fourth-order valence-electron chi connectivity index (χ4n) is 2.23. The lowest BCUT2D eigenvalue weighted by Gasteiger charge is -2.14. The van der Waals surface area contributed by atoms with Gasteiger partial charge in [-0.25, -0.2) is 4.98 Å². The third-order valence-corrected chi connectivity index (χ3v) is 4.19. The molecule has 0 saturated carbocycles. The van der Waals surface area contributed by atoms with E-state index in [1.807, 2.05) is 0 Å². The molecule has 108 valence electrons. The number of thiazole rings is 1. The number of hydrogen-bond acceptors (Lipinski definition) is 3. The quantitative estimate of drug-likeness (QED) is 0.912. The lowest BCUT2D eigenvalue weighted by atomic mass is 9.93. The van der Waals surface area contributed by atoms with E-state index in [0.29, 0.717) is 6.42 Å². The van der Waals surface area contributed by atoms with Gasteiger partial charge in [-0.2, -0.15) is 0 Å². The van der Waals surface area contributed by atoms with Crippen molar-refractivity contribution >= 4 is 11.3 Å². The number of nitrogens with zero attached hydrogens (tertiary/aromatic N) is 1. The van der Waals surface area contributed by atoms with Crippen molar-refractivity contribution in [3.05, 3.63) is 51.0 Å². The van der Waals surface area contributed by atoms with E-state index in [4.69, 9.17) is 0 Å². The van der Waals surface area contributed by atoms with E-state index in [1.165, 1.54) is 11.1 Å². The summed E-state index contributed by atoms with van der Waals surface area (Å²) in [6, 6.07) is 6.23. The molecule has 0 saturated heterocycles. The summed E-state index contributed by atoms with van der Waals surface area (Å²) in [4.78, 5) is 4.65. The molecule has 0 amide bonds. The van der Waals surface area contributed by atoms with Crippen LogP contribution >= 0.6 is 11.3 Å². The Morgan fingerprint density at radius 1 is 1.15 bits per heavy atom. The molecule has 1 atom stereocenters. The topological polar surface area (TPSA) is 33.1 Å². The molecular weight excluding hydrogens is 266 g/mol. The van der Waals surface area contributed by atoms with Gasteiger partial charge in [0.2, 0.25) is 0 Å². The Kier molecular flexibility index (Phi) is 4.31. The predicted octanol–water partition coefficient (Wildman–Crippen LogP) is 4.33. The summed E-state index contributed by atoms with van der Waals surface area (Å²) in [7, 11) is 0. The molecule has 20 heavy (non-hydrogen) atoms. The molecule has 0 aliphatic heterocycles. The second-order valence-corrected chi connectivity index (χ2v) is 7.46. The highest BCUT2D eigenvalue weighted by Crippen LogP contribution is 2.27. The molecule has 1 N–H and O–H groups in total. The van der Waals surface area contributed by atoms with Gasteiger partial charge in [0.1, 0.15) is 0 Å². The van der Waals surface area contributed by atoms with E-state index in [-0.39, 0.29) is 5.41 Å². The fourth-order valence-corrected chi connectivity index (χ4v) is 3.29. The molecule has 0 radical (unpaired) electrons. The zero-order valence-corrected chi connectivity index (χ0v) is 13.7. The molecule has 0 fully saturated rings. The summed E-state index contributed by atoms with van der Waals surface area (Å²) >= 11 is 1.64. The van der Waals surface area contributed by atoms with Crippen LogP contribution in [-0.2, 0) is 11.8 Å². The van der Waals surface area contributed by atoms with Crippen LogP contribution < -0.4 is 0 Å². The van der Waals surface area contributed by atoms with Crippen LogP contribution in [0.2, 0.25) is 0 Å². The van der Waals surface area contributed by atoms with Crippen LogP contribution in [0.1, 0.15) is 54.3 Å². The SMILES string of the molecule is Cc1cc(C)cc(C(O)Cc2nc(C(C)(C)C)cs2)c1.